The molecule has 1 saturated heterocycles. The van der Waals surface area contributed by atoms with E-state index >= 15 is 0 Å². The summed E-state index contributed by atoms with van der Waals surface area (Å²) in [6.45, 7) is 5.26. The zero-order valence-corrected chi connectivity index (χ0v) is 16.0. The first kappa shape index (κ1) is 19.9. The quantitative estimate of drug-likeness (QED) is 0.823. The van der Waals surface area contributed by atoms with Gasteiger partial charge in [-0.2, -0.15) is 0 Å². The lowest BCUT2D eigenvalue weighted by Crippen LogP contribution is -2.52. The smallest absolute Gasteiger partial charge is 0.317 e. The van der Waals surface area contributed by atoms with Gasteiger partial charge in [0.2, 0.25) is 0 Å². The zero-order valence-electron chi connectivity index (χ0n) is 16.0. The standard InChI is InChI=1S/C21H25F2N3O2/c1-2-28-20-9-4-3-8-19(20)25-12-14-26(15-13-25)21(27)24-11-10-16-17(22)6-5-7-18(16)23/h3-9H,2,10-15H2,1H3,(H,24,27). The molecular formula is C21H25F2N3O2. The van der Waals surface area contributed by atoms with Gasteiger partial charge >= 0.3 is 6.03 Å². The molecule has 1 aliphatic heterocycles. The molecule has 28 heavy (non-hydrogen) atoms. The van der Waals surface area contributed by atoms with Crippen LogP contribution in [0.3, 0.4) is 0 Å². The van der Waals surface area contributed by atoms with Crippen LogP contribution in [0.1, 0.15) is 12.5 Å². The molecule has 2 amide bonds. The van der Waals surface area contributed by atoms with Gasteiger partial charge in [0.15, 0.2) is 0 Å². The number of halogens is 2. The predicted octanol–water partition coefficient (Wildman–Crippen LogP) is 3.44. The maximum absolute atomic E-state index is 13.6. The molecule has 2 aromatic carbocycles. The van der Waals surface area contributed by atoms with E-state index in [2.05, 4.69) is 10.2 Å². The highest BCUT2D eigenvalue weighted by Gasteiger charge is 2.22. The molecule has 0 spiro atoms. The number of carbonyl (C=O) groups excluding carboxylic acids is 1. The first-order chi connectivity index (χ1) is 13.6. The van der Waals surface area contributed by atoms with Gasteiger partial charge in [0.1, 0.15) is 17.4 Å². The molecule has 0 aromatic heterocycles. The molecule has 0 aliphatic carbocycles. The minimum absolute atomic E-state index is 0.000139. The molecule has 0 saturated carbocycles. The average molecular weight is 389 g/mol. The highest BCUT2D eigenvalue weighted by atomic mass is 19.1. The van der Waals surface area contributed by atoms with E-state index in [0.29, 0.717) is 32.8 Å². The van der Waals surface area contributed by atoms with Crippen LogP contribution >= 0.6 is 0 Å². The van der Waals surface area contributed by atoms with Gasteiger partial charge in [-0.1, -0.05) is 18.2 Å². The summed E-state index contributed by atoms with van der Waals surface area (Å²) in [5.41, 5.74) is 1.03. The Labute approximate surface area is 163 Å². The monoisotopic (exact) mass is 389 g/mol. The number of amides is 2. The van der Waals surface area contributed by atoms with Crippen molar-refractivity contribution in [2.24, 2.45) is 0 Å². The largest absolute Gasteiger partial charge is 0.492 e. The highest BCUT2D eigenvalue weighted by molar-refractivity contribution is 5.74. The Bertz CT molecular complexity index is 788. The average Bonchev–Trinajstić information content (AvgIpc) is 2.71. The summed E-state index contributed by atoms with van der Waals surface area (Å²) < 4.78 is 33.0. The van der Waals surface area contributed by atoms with Crippen molar-refractivity contribution < 1.29 is 18.3 Å². The Kier molecular flexibility index (Phi) is 6.68. The number of piperazine rings is 1. The third-order valence-electron chi connectivity index (χ3n) is 4.79. The van der Waals surface area contributed by atoms with E-state index in [1.807, 2.05) is 31.2 Å². The maximum Gasteiger partial charge on any atom is 0.317 e. The number of carbonyl (C=O) groups is 1. The Morgan fingerprint density at radius 1 is 1.04 bits per heavy atom. The Balaban J connectivity index is 1.49. The Morgan fingerprint density at radius 3 is 2.39 bits per heavy atom. The molecule has 0 unspecified atom stereocenters. The lowest BCUT2D eigenvalue weighted by Gasteiger charge is -2.36. The minimum atomic E-state index is -0.587. The third-order valence-corrected chi connectivity index (χ3v) is 4.79. The summed E-state index contributed by atoms with van der Waals surface area (Å²) in [7, 11) is 0. The molecule has 0 bridgehead atoms. The first-order valence-corrected chi connectivity index (χ1v) is 9.52. The van der Waals surface area contributed by atoms with Crippen molar-refractivity contribution in [2.75, 3.05) is 44.2 Å². The van der Waals surface area contributed by atoms with Gasteiger partial charge in [-0.15, -0.1) is 0 Å². The van der Waals surface area contributed by atoms with Crippen LogP contribution in [-0.2, 0) is 6.42 Å². The van der Waals surface area contributed by atoms with Crippen molar-refractivity contribution in [1.82, 2.24) is 10.2 Å². The lowest BCUT2D eigenvalue weighted by molar-refractivity contribution is 0.194. The van der Waals surface area contributed by atoms with Crippen LogP contribution in [0.15, 0.2) is 42.5 Å². The fourth-order valence-electron chi connectivity index (χ4n) is 3.32. The SMILES string of the molecule is CCOc1ccccc1N1CCN(C(=O)NCCc2c(F)cccc2F)CC1. The number of benzene rings is 2. The van der Waals surface area contributed by atoms with Crippen LogP contribution in [0.4, 0.5) is 19.3 Å². The number of hydrogen-bond acceptors (Lipinski definition) is 3. The van der Waals surface area contributed by atoms with Crippen molar-refractivity contribution >= 4 is 11.7 Å². The Hall–Kier alpha value is -2.83. The molecular weight excluding hydrogens is 364 g/mol. The van der Waals surface area contributed by atoms with Gasteiger partial charge in [0, 0.05) is 38.3 Å². The van der Waals surface area contributed by atoms with Crippen LogP contribution < -0.4 is 15.0 Å². The molecule has 1 heterocycles. The van der Waals surface area contributed by atoms with E-state index in [4.69, 9.17) is 4.74 Å². The predicted molar refractivity (Wildman–Crippen MR) is 105 cm³/mol. The van der Waals surface area contributed by atoms with Gasteiger partial charge in [-0.3, -0.25) is 0 Å². The molecule has 150 valence electrons. The van der Waals surface area contributed by atoms with E-state index in [0.717, 1.165) is 11.4 Å². The fourth-order valence-corrected chi connectivity index (χ4v) is 3.32. The van der Waals surface area contributed by atoms with E-state index in [9.17, 15) is 13.6 Å². The topological polar surface area (TPSA) is 44.8 Å². The van der Waals surface area contributed by atoms with Crippen LogP contribution in [0.2, 0.25) is 0 Å². The second-order valence-corrected chi connectivity index (χ2v) is 6.56. The molecule has 5 nitrogen and oxygen atoms in total. The number of anilines is 1. The molecule has 1 fully saturated rings. The molecule has 7 heteroatoms. The van der Waals surface area contributed by atoms with Crippen molar-refractivity contribution in [2.45, 2.75) is 13.3 Å². The van der Waals surface area contributed by atoms with Crippen LogP contribution in [0.25, 0.3) is 0 Å². The summed E-state index contributed by atoms with van der Waals surface area (Å²) in [6, 6.07) is 11.4. The molecule has 3 rings (SSSR count). The number of nitrogens with one attached hydrogen (secondary N) is 1. The van der Waals surface area contributed by atoms with Crippen molar-refractivity contribution in [1.29, 1.82) is 0 Å². The zero-order chi connectivity index (χ0) is 19.9. The second-order valence-electron chi connectivity index (χ2n) is 6.56. The van der Waals surface area contributed by atoms with E-state index in [1.165, 1.54) is 18.2 Å². The summed E-state index contributed by atoms with van der Waals surface area (Å²) in [5, 5.41) is 2.75. The van der Waals surface area contributed by atoms with Gasteiger partial charge < -0.3 is 19.9 Å². The number of para-hydroxylation sites is 2. The first-order valence-electron chi connectivity index (χ1n) is 9.52. The van der Waals surface area contributed by atoms with E-state index in [1.54, 1.807) is 4.90 Å². The fraction of sp³-hybridized carbons (Fsp3) is 0.381. The lowest BCUT2D eigenvalue weighted by atomic mass is 10.1. The molecule has 1 N–H and O–H groups in total. The highest BCUT2D eigenvalue weighted by Crippen LogP contribution is 2.28. The van der Waals surface area contributed by atoms with Crippen molar-refractivity contribution in [3.8, 4) is 5.75 Å². The van der Waals surface area contributed by atoms with Crippen molar-refractivity contribution in [3.63, 3.8) is 0 Å². The van der Waals surface area contributed by atoms with Gasteiger partial charge in [-0.25, -0.2) is 13.6 Å². The van der Waals surface area contributed by atoms with Gasteiger partial charge in [0.25, 0.3) is 0 Å². The molecule has 1 aliphatic rings. The van der Waals surface area contributed by atoms with Crippen LogP contribution in [0.5, 0.6) is 5.75 Å². The van der Waals surface area contributed by atoms with Crippen LogP contribution in [0, 0.1) is 11.6 Å². The van der Waals surface area contributed by atoms with Crippen LogP contribution in [-0.4, -0.2) is 50.3 Å². The number of ether oxygens (including phenoxy) is 1. The van der Waals surface area contributed by atoms with E-state index < -0.39 is 11.6 Å². The molecule has 2 aromatic rings. The summed E-state index contributed by atoms with van der Waals surface area (Å²) in [6.07, 6.45) is 0.117. The van der Waals surface area contributed by atoms with E-state index in [-0.39, 0.29) is 24.6 Å². The number of nitrogens with zero attached hydrogens (tertiary/aromatic N) is 2. The molecule has 0 radical (unpaired) electrons. The normalized spacial score (nSPS) is 14.1. The number of rotatable bonds is 6. The summed E-state index contributed by atoms with van der Waals surface area (Å²) in [5.74, 6) is -0.332. The summed E-state index contributed by atoms with van der Waals surface area (Å²) in [4.78, 5) is 16.3. The third kappa shape index (κ3) is 4.71. The van der Waals surface area contributed by atoms with Gasteiger partial charge in [-0.05, 0) is 37.6 Å². The van der Waals surface area contributed by atoms with Crippen molar-refractivity contribution in [3.05, 3.63) is 59.7 Å². The minimum Gasteiger partial charge on any atom is -0.492 e. The summed E-state index contributed by atoms with van der Waals surface area (Å²) >= 11 is 0. The number of hydrogen-bond donors (Lipinski definition) is 1. The molecule has 0 atom stereocenters. The van der Waals surface area contributed by atoms with Gasteiger partial charge in [0.05, 0.1) is 12.3 Å². The maximum atomic E-state index is 13.6. The Morgan fingerprint density at radius 2 is 1.71 bits per heavy atom. The number of urea groups is 1. The second kappa shape index (κ2) is 9.39.